The fraction of sp³-hybridized carbons (Fsp3) is 0.333. The number of likely N-dealkylation sites (tertiary alicyclic amines) is 1. The minimum atomic E-state index is -0.799. The lowest BCUT2D eigenvalue weighted by atomic mass is 9.94. The first-order valence-electron chi connectivity index (χ1n) is 10.3. The average Bonchev–Trinajstić information content (AvgIpc) is 3.06. The minimum absolute atomic E-state index is 0.0215. The van der Waals surface area contributed by atoms with Crippen LogP contribution in [0.5, 0.6) is 11.5 Å². The summed E-state index contributed by atoms with van der Waals surface area (Å²) in [4.78, 5) is 27.4. The zero-order valence-electron chi connectivity index (χ0n) is 18.4. The molecule has 0 bridgehead atoms. The molecule has 1 saturated heterocycles. The third-order valence-electron chi connectivity index (χ3n) is 5.41. The van der Waals surface area contributed by atoms with Crippen LogP contribution in [0.3, 0.4) is 0 Å². The van der Waals surface area contributed by atoms with Crippen molar-refractivity contribution in [3.63, 3.8) is 0 Å². The molecule has 1 atom stereocenters. The predicted octanol–water partition coefficient (Wildman–Crippen LogP) is 2.02. The number of amides is 1. The van der Waals surface area contributed by atoms with Crippen LogP contribution in [0.25, 0.3) is 5.76 Å². The molecule has 2 aromatic rings. The van der Waals surface area contributed by atoms with Crippen LogP contribution in [0, 0.1) is 6.92 Å². The molecule has 2 aromatic carbocycles. The molecule has 0 saturated carbocycles. The van der Waals surface area contributed by atoms with Crippen molar-refractivity contribution in [3.8, 4) is 11.5 Å². The molecular weight excluding hydrogens is 412 g/mol. The fourth-order valence-electron chi connectivity index (χ4n) is 3.75. The van der Waals surface area contributed by atoms with E-state index in [1.54, 1.807) is 30.3 Å². The number of nitrogens with one attached hydrogen (secondary N) is 1. The van der Waals surface area contributed by atoms with Gasteiger partial charge in [0.05, 0.1) is 32.4 Å². The van der Waals surface area contributed by atoms with E-state index in [-0.39, 0.29) is 24.5 Å². The molecule has 170 valence electrons. The van der Waals surface area contributed by atoms with Gasteiger partial charge in [-0.3, -0.25) is 9.59 Å². The summed E-state index contributed by atoms with van der Waals surface area (Å²) in [5.74, 6) is -0.705. The quantitative estimate of drug-likeness (QED) is 0.237. The average molecular weight is 440 g/mol. The first-order chi connectivity index (χ1) is 15.4. The van der Waals surface area contributed by atoms with Crippen molar-refractivity contribution in [3.05, 3.63) is 64.7 Å². The number of benzene rings is 2. The second-order valence-corrected chi connectivity index (χ2v) is 7.45. The second kappa shape index (κ2) is 10.3. The lowest BCUT2D eigenvalue weighted by Crippen LogP contribution is -2.36. The summed E-state index contributed by atoms with van der Waals surface area (Å²) >= 11 is 0. The maximum Gasteiger partial charge on any atom is 0.295 e. The van der Waals surface area contributed by atoms with Crippen molar-refractivity contribution >= 4 is 17.4 Å². The van der Waals surface area contributed by atoms with Gasteiger partial charge in [0.2, 0.25) is 0 Å². The molecule has 1 aliphatic heterocycles. The number of carbonyl (C=O) groups excluding carboxylic acids is 2. The molecule has 8 nitrogen and oxygen atoms in total. The van der Waals surface area contributed by atoms with Gasteiger partial charge >= 0.3 is 0 Å². The molecule has 1 amide bonds. The number of rotatable bonds is 9. The molecule has 0 spiro atoms. The Morgan fingerprint density at radius 1 is 1.03 bits per heavy atom. The van der Waals surface area contributed by atoms with E-state index in [4.69, 9.17) is 14.6 Å². The Morgan fingerprint density at radius 2 is 1.72 bits per heavy atom. The third kappa shape index (κ3) is 4.61. The monoisotopic (exact) mass is 440 g/mol. The highest BCUT2D eigenvalue weighted by Gasteiger charge is 2.46. The van der Waals surface area contributed by atoms with Crippen LogP contribution in [-0.2, 0) is 9.59 Å². The van der Waals surface area contributed by atoms with Crippen LogP contribution in [0.1, 0.15) is 22.7 Å². The molecular formula is C24H28N2O6. The highest BCUT2D eigenvalue weighted by atomic mass is 16.5. The van der Waals surface area contributed by atoms with Crippen molar-refractivity contribution in [2.45, 2.75) is 13.0 Å². The van der Waals surface area contributed by atoms with Gasteiger partial charge in [-0.05, 0) is 24.6 Å². The number of ketones is 1. The summed E-state index contributed by atoms with van der Waals surface area (Å²) in [5.41, 5.74) is 2.09. The van der Waals surface area contributed by atoms with E-state index in [1.807, 2.05) is 19.1 Å². The van der Waals surface area contributed by atoms with Crippen LogP contribution >= 0.6 is 0 Å². The van der Waals surface area contributed by atoms with Crippen LogP contribution < -0.4 is 14.8 Å². The summed E-state index contributed by atoms with van der Waals surface area (Å²) in [7, 11) is 3.03. The number of Topliss-reactive ketones (excluding diaryl/α,β-unsaturated/α-hetero) is 1. The van der Waals surface area contributed by atoms with Crippen LogP contribution in [-0.4, -0.2) is 67.3 Å². The number of methoxy groups -OCH3 is 2. The van der Waals surface area contributed by atoms with Crippen molar-refractivity contribution in [1.82, 2.24) is 10.2 Å². The third-order valence-corrected chi connectivity index (χ3v) is 5.41. The highest BCUT2D eigenvalue weighted by Crippen LogP contribution is 2.41. The first kappa shape index (κ1) is 23.3. The van der Waals surface area contributed by atoms with Gasteiger partial charge in [-0.2, -0.15) is 0 Å². The number of carbonyl (C=O) groups is 2. The lowest BCUT2D eigenvalue weighted by molar-refractivity contribution is -0.139. The lowest BCUT2D eigenvalue weighted by Gasteiger charge is -2.26. The van der Waals surface area contributed by atoms with E-state index in [9.17, 15) is 14.7 Å². The van der Waals surface area contributed by atoms with E-state index in [1.165, 1.54) is 19.1 Å². The largest absolute Gasteiger partial charge is 0.507 e. The molecule has 0 aromatic heterocycles. The van der Waals surface area contributed by atoms with Gasteiger partial charge in [0.15, 0.2) is 11.5 Å². The zero-order chi connectivity index (χ0) is 23.3. The van der Waals surface area contributed by atoms with Crippen LogP contribution in [0.2, 0.25) is 0 Å². The predicted molar refractivity (Wildman–Crippen MR) is 120 cm³/mol. The van der Waals surface area contributed by atoms with E-state index in [2.05, 4.69) is 5.32 Å². The summed E-state index contributed by atoms with van der Waals surface area (Å²) < 4.78 is 10.7. The smallest absolute Gasteiger partial charge is 0.295 e. The van der Waals surface area contributed by atoms with Gasteiger partial charge in [-0.15, -0.1) is 0 Å². The van der Waals surface area contributed by atoms with Gasteiger partial charge in [0, 0.05) is 25.2 Å². The number of aliphatic hydroxyl groups excluding tert-OH is 2. The van der Waals surface area contributed by atoms with Crippen LogP contribution in [0.4, 0.5) is 0 Å². The maximum absolute atomic E-state index is 13.0. The molecule has 3 rings (SSSR count). The molecule has 8 heteroatoms. The summed E-state index contributed by atoms with van der Waals surface area (Å²) in [6, 6.07) is 11.4. The molecule has 1 aliphatic rings. The van der Waals surface area contributed by atoms with E-state index < -0.39 is 17.7 Å². The number of aliphatic hydroxyl groups is 2. The Labute approximate surface area is 187 Å². The Balaban J connectivity index is 2.11. The van der Waals surface area contributed by atoms with E-state index in [0.717, 1.165) is 5.56 Å². The normalized spacial score (nSPS) is 17.6. The van der Waals surface area contributed by atoms with Crippen LogP contribution in [0.15, 0.2) is 48.0 Å². The SMILES string of the molecule is COc1ccc(C2/C(=C(/O)c3ccc(C)cc3)C(=O)C(=O)N2CCNCCO)cc1OC. The number of ether oxygens (including phenoxy) is 2. The molecule has 3 N–H and O–H groups in total. The summed E-state index contributed by atoms with van der Waals surface area (Å²) in [5, 5.41) is 23.1. The Bertz CT molecular complexity index is 1020. The molecule has 0 radical (unpaired) electrons. The highest BCUT2D eigenvalue weighted by molar-refractivity contribution is 6.46. The number of aryl methyl sites for hydroxylation is 1. The first-order valence-corrected chi connectivity index (χ1v) is 10.3. The molecule has 1 unspecified atom stereocenters. The Kier molecular flexibility index (Phi) is 7.50. The zero-order valence-corrected chi connectivity index (χ0v) is 18.4. The van der Waals surface area contributed by atoms with Gasteiger partial charge in [0.25, 0.3) is 11.7 Å². The number of hydrogen-bond acceptors (Lipinski definition) is 7. The van der Waals surface area contributed by atoms with Gasteiger partial charge in [0.1, 0.15) is 5.76 Å². The van der Waals surface area contributed by atoms with E-state index in [0.29, 0.717) is 35.7 Å². The van der Waals surface area contributed by atoms with Crippen molar-refractivity contribution in [1.29, 1.82) is 0 Å². The molecule has 1 heterocycles. The molecule has 1 fully saturated rings. The minimum Gasteiger partial charge on any atom is -0.507 e. The summed E-state index contributed by atoms with van der Waals surface area (Å²) in [6.07, 6.45) is 0. The molecule has 0 aliphatic carbocycles. The maximum atomic E-state index is 13.0. The Morgan fingerprint density at radius 3 is 2.34 bits per heavy atom. The van der Waals surface area contributed by atoms with Crippen molar-refractivity contribution in [2.24, 2.45) is 0 Å². The van der Waals surface area contributed by atoms with Gasteiger partial charge in [-0.1, -0.05) is 35.9 Å². The standard InChI is InChI=1S/C24H28N2O6/c1-15-4-6-16(7-5-15)22(28)20-21(17-8-9-18(31-2)19(14-17)32-3)26(24(30)23(20)29)12-10-25-11-13-27/h4-9,14,21,25,27-28H,10-13H2,1-3H3/b22-20-. The topological polar surface area (TPSA) is 108 Å². The second-order valence-electron chi connectivity index (χ2n) is 7.45. The Hall–Kier alpha value is -3.36. The fourth-order valence-corrected chi connectivity index (χ4v) is 3.75. The number of nitrogens with zero attached hydrogens (tertiary/aromatic N) is 1. The van der Waals surface area contributed by atoms with Gasteiger partial charge < -0.3 is 29.9 Å². The van der Waals surface area contributed by atoms with Crippen molar-refractivity contribution < 1.29 is 29.3 Å². The summed E-state index contributed by atoms with van der Waals surface area (Å²) in [6.45, 7) is 2.85. The number of hydrogen-bond donors (Lipinski definition) is 3. The van der Waals surface area contributed by atoms with Gasteiger partial charge in [-0.25, -0.2) is 0 Å². The molecule has 32 heavy (non-hydrogen) atoms. The van der Waals surface area contributed by atoms with Crippen molar-refractivity contribution in [2.75, 3.05) is 40.5 Å². The van der Waals surface area contributed by atoms with E-state index >= 15 is 0 Å².